The van der Waals surface area contributed by atoms with Crippen molar-refractivity contribution in [1.82, 2.24) is 15.0 Å². The summed E-state index contributed by atoms with van der Waals surface area (Å²) in [5.74, 6) is 0.407. The number of nitro groups is 1. The highest BCUT2D eigenvalue weighted by atomic mass is 16.6. The number of rotatable bonds is 6. The molecule has 0 saturated carbocycles. The lowest BCUT2D eigenvalue weighted by Crippen LogP contribution is -2.22. The van der Waals surface area contributed by atoms with Gasteiger partial charge in [0.05, 0.1) is 4.92 Å². The number of nitrogens with one attached hydrogen (secondary N) is 2. The maximum atomic E-state index is 11.0. The van der Waals surface area contributed by atoms with Crippen molar-refractivity contribution in [2.75, 3.05) is 31.4 Å². The van der Waals surface area contributed by atoms with E-state index in [0.29, 0.717) is 6.54 Å². The van der Waals surface area contributed by atoms with E-state index < -0.39 is 4.92 Å². The van der Waals surface area contributed by atoms with E-state index in [1.807, 2.05) is 6.92 Å². The maximum Gasteiger partial charge on any atom is 0.354 e. The van der Waals surface area contributed by atoms with Gasteiger partial charge < -0.3 is 5.32 Å². The fourth-order valence-corrected chi connectivity index (χ4v) is 1.22. The summed E-state index contributed by atoms with van der Waals surface area (Å²) in [5, 5.41) is 15.5. The second kappa shape index (κ2) is 5.94. The number of hydrazine groups is 1. The second-order valence-electron chi connectivity index (χ2n) is 3.61. The van der Waals surface area contributed by atoms with Crippen molar-refractivity contribution in [2.24, 2.45) is 0 Å². The van der Waals surface area contributed by atoms with Gasteiger partial charge in [-0.05, 0) is 6.42 Å². The van der Waals surface area contributed by atoms with Crippen LogP contribution in [0.5, 0.6) is 0 Å². The molecule has 0 aliphatic heterocycles. The summed E-state index contributed by atoms with van der Waals surface area (Å²) in [7, 11) is 3.45. The van der Waals surface area contributed by atoms with E-state index >= 15 is 0 Å². The molecule has 1 rings (SSSR count). The Balaban J connectivity index is 3.08. The zero-order chi connectivity index (χ0) is 12.8. The minimum Gasteiger partial charge on any atom is -0.364 e. The van der Waals surface area contributed by atoms with E-state index in [0.717, 1.165) is 6.42 Å². The van der Waals surface area contributed by atoms with Crippen molar-refractivity contribution in [3.63, 3.8) is 0 Å². The highest BCUT2D eigenvalue weighted by Crippen LogP contribution is 2.28. The van der Waals surface area contributed by atoms with Crippen LogP contribution in [0.2, 0.25) is 0 Å². The van der Waals surface area contributed by atoms with Crippen molar-refractivity contribution in [2.45, 2.75) is 13.3 Å². The molecule has 0 unspecified atom stereocenters. The van der Waals surface area contributed by atoms with E-state index in [1.54, 1.807) is 19.1 Å². The van der Waals surface area contributed by atoms with Crippen LogP contribution in [0.25, 0.3) is 0 Å². The Bertz CT molecular complexity index is 395. The third-order valence-corrected chi connectivity index (χ3v) is 1.88. The normalized spacial score (nSPS) is 10.4. The Kier molecular flexibility index (Phi) is 4.58. The Morgan fingerprint density at radius 1 is 1.41 bits per heavy atom. The van der Waals surface area contributed by atoms with Gasteiger partial charge in [-0.1, -0.05) is 6.92 Å². The van der Waals surface area contributed by atoms with Gasteiger partial charge in [0.25, 0.3) is 0 Å². The minimum absolute atomic E-state index is 0.144. The summed E-state index contributed by atoms with van der Waals surface area (Å²) >= 11 is 0. The molecule has 0 aliphatic rings. The third kappa shape index (κ3) is 3.52. The lowest BCUT2D eigenvalue weighted by atomic mass is 10.4. The molecule has 2 N–H and O–H groups in total. The minimum atomic E-state index is -0.496. The van der Waals surface area contributed by atoms with Gasteiger partial charge in [0, 0.05) is 20.6 Å². The van der Waals surface area contributed by atoms with Gasteiger partial charge in [-0.2, -0.15) is 0 Å². The van der Waals surface area contributed by atoms with Gasteiger partial charge in [0.2, 0.25) is 11.6 Å². The zero-order valence-electron chi connectivity index (χ0n) is 10.1. The van der Waals surface area contributed by atoms with Gasteiger partial charge in [-0.25, -0.2) is 15.0 Å². The molecule has 8 nitrogen and oxygen atoms in total. The van der Waals surface area contributed by atoms with Crippen LogP contribution in [-0.4, -0.2) is 40.5 Å². The predicted octanol–water partition coefficient (Wildman–Crippen LogP) is 1.10. The molecule has 0 spiro atoms. The van der Waals surface area contributed by atoms with Crippen LogP contribution in [0.1, 0.15) is 13.3 Å². The summed E-state index contributed by atoms with van der Waals surface area (Å²) in [4.78, 5) is 18.3. The Hall–Kier alpha value is -1.96. The highest BCUT2D eigenvalue weighted by Gasteiger charge is 2.22. The molecule has 0 fully saturated rings. The fraction of sp³-hybridized carbons (Fsp3) is 0.556. The van der Waals surface area contributed by atoms with Crippen LogP contribution < -0.4 is 10.7 Å². The summed E-state index contributed by atoms with van der Waals surface area (Å²) in [6.07, 6.45) is 2.15. The van der Waals surface area contributed by atoms with Crippen LogP contribution in [0.4, 0.5) is 17.3 Å². The molecular formula is C9H16N6O2. The van der Waals surface area contributed by atoms with Gasteiger partial charge in [0.15, 0.2) is 0 Å². The van der Waals surface area contributed by atoms with Crippen molar-refractivity contribution in [3.8, 4) is 0 Å². The first-order valence-electron chi connectivity index (χ1n) is 5.23. The Morgan fingerprint density at radius 3 is 2.59 bits per heavy atom. The molecule has 0 saturated heterocycles. The van der Waals surface area contributed by atoms with Crippen molar-refractivity contribution < 1.29 is 4.92 Å². The quantitative estimate of drug-likeness (QED) is 0.567. The van der Waals surface area contributed by atoms with Gasteiger partial charge in [0.1, 0.15) is 6.33 Å². The summed E-state index contributed by atoms with van der Waals surface area (Å²) < 4.78 is 0. The van der Waals surface area contributed by atoms with Crippen LogP contribution >= 0.6 is 0 Å². The number of anilines is 2. The predicted molar refractivity (Wildman–Crippen MR) is 64.8 cm³/mol. The monoisotopic (exact) mass is 240 g/mol. The molecule has 1 aromatic heterocycles. The number of nitrogens with zero attached hydrogens (tertiary/aromatic N) is 4. The van der Waals surface area contributed by atoms with Crippen LogP contribution in [0.15, 0.2) is 6.33 Å². The first-order valence-corrected chi connectivity index (χ1v) is 5.23. The molecule has 0 atom stereocenters. The molecule has 0 aliphatic carbocycles. The van der Waals surface area contributed by atoms with Gasteiger partial charge >= 0.3 is 5.69 Å². The smallest absolute Gasteiger partial charge is 0.354 e. The van der Waals surface area contributed by atoms with E-state index in [-0.39, 0.29) is 17.3 Å². The van der Waals surface area contributed by atoms with Crippen molar-refractivity contribution in [3.05, 3.63) is 16.4 Å². The van der Waals surface area contributed by atoms with Crippen molar-refractivity contribution >= 4 is 17.3 Å². The molecule has 94 valence electrons. The highest BCUT2D eigenvalue weighted by molar-refractivity contribution is 5.68. The molecule has 8 heteroatoms. The Morgan fingerprint density at radius 2 is 2.06 bits per heavy atom. The number of hydrogen-bond donors (Lipinski definition) is 2. The number of aromatic nitrogens is 2. The molecule has 0 bridgehead atoms. The average Bonchev–Trinajstić information content (AvgIpc) is 2.25. The van der Waals surface area contributed by atoms with E-state index in [2.05, 4.69) is 20.7 Å². The van der Waals surface area contributed by atoms with Gasteiger partial charge in [-0.15, -0.1) is 0 Å². The first-order chi connectivity index (χ1) is 8.06. The fourth-order valence-electron chi connectivity index (χ4n) is 1.22. The molecule has 1 aromatic rings. The van der Waals surface area contributed by atoms with Crippen molar-refractivity contribution in [1.29, 1.82) is 0 Å². The van der Waals surface area contributed by atoms with Crippen LogP contribution in [-0.2, 0) is 0 Å². The SMILES string of the molecule is CCCNc1ncnc(NN(C)C)c1[N+](=O)[O-]. The standard InChI is InChI=1S/C9H16N6O2/c1-4-5-10-8-7(15(16)17)9(12-6-11-8)13-14(2)3/h6H,4-5H2,1-3H3,(H2,10,11,12,13). The average molecular weight is 240 g/mol. The topological polar surface area (TPSA) is 96.2 Å². The second-order valence-corrected chi connectivity index (χ2v) is 3.61. The molecule has 1 heterocycles. The summed E-state index contributed by atoms with van der Waals surface area (Å²) in [6.45, 7) is 2.60. The first kappa shape index (κ1) is 13.1. The van der Waals surface area contributed by atoms with Gasteiger partial charge in [-0.3, -0.25) is 15.5 Å². The molecule has 0 aromatic carbocycles. The summed E-state index contributed by atoms with van der Waals surface area (Å²) in [6, 6.07) is 0. The molecular weight excluding hydrogens is 224 g/mol. The van der Waals surface area contributed by atoms with E-state index in [1.165, 1.54) is 6.33 Å². The maximum absolute atomic E-state index is 11.0. The van der Waals surface area contributed by atoms with E-state index in [4.69, 9.17) is 0 Å². The third-order valence-electron chi connectivity index (χ3n) is 1.88. The largest absolute Gasteiger partial charge is 0.364 e. The Labute approximate surface area is 99.2 Å². The molecule has 0 amide bonds. The lowest BCUT2D eigenvalue weighted by Gasteiger charge is -2.13. The lowest BCUT2D eigenvalue weighted by molar-refractivity contribution is -0.383. The van der Waals surface area contributed by atoms with E-state index in [9.17, 15) is 10.1 Å². The summed E-state index contributed by atoms with van der Waals surface area (Å²) in [5.41, 5.74) is 2.63. The van der Waals surface area contributed by atoms with Crippen LogP contribution in [0, 0.1) is 10.1 Å². The number of hydrogen-bond acceptors (Lipinski definition) is 7. The zero-order valence-corrected chi connectivity index (χ0v) is 10.1. The van der Waals surface area contributed by atoms with Crippen LogP contribution in [0.3, 0.4) is 0 Å². The molecule has 0 radical (unpaired) electrons. The molecule has 17 heavy (non-hydrogen) atoms.